The van der Waals surface area contributed by atoms with E-state index in [1.54, 1.807) is 0 Å². The number of imidazole rings is 1. The van der Waals surface area contributed by atoms with Crippen LogP contribution in [0.25, 0.3) is 0 Å². The summed E-state index contributed by atoms with van der Waals surface area (Å²) in [5.74, 6) is 1.97. The van der Waals surface area contributed by atoms with Crippen LogP contribution in [0.15, 0.2) is 36.7 Å². The van der Waals surface area contributed by atoms with E-state index < -0.39 is 0 Å². The highest BCUT2D eigenvalue weighted by molar-refractivity contribution is 5.96. The summed E-state index contributed by atoms with van der Waals surface area (Å²) >= 11 is 0. The maximum absolute atomic E-state index is 12.3. The largest absolute Gasteiger partial charge is 0.338 e. The SMILES string of the molecule is Cc1ccc(C(=O)CCCN2CCCC(c3nccn3C)C2)cc1. The van der Waals surface area contributed by atoms with Crippen LogP contribution in [0.2, 0.25) is 0 Å². The molecule has 0 spiro atoms. The molecule has 3 rings (SSSR count). The molecule has 0 N–H and O–H groups in total. The van der Waals surface area contributed by atoms with Crippen LogP contribution in [0.4, 0.5) is 0 Å². The maximum atomic E-state index is 12.3. The lowest BCUT2D eigenvalue weighted by Crippen LogP contribution is -2.36. The third-order valence-corrected chi connectivity index (χ3v) is 4.98. The molecule has 128 valence electrons. The minimum atomic E-state index is 0.257. The van der Waals surface area contributed by atoms with E-state index in [9.17, 15) is 4.79 Å². The number of ketones is 1. The first kappa shape index (κ1) is 16.9. The summed E-state index contributed by atoms with van der Waals surface area (Å²) in [6.07, 6.45) is 7.89. The Hall–Kier alpha value is -1.94. The van der Waals surface area contributed by atoms with Crippen molar-refractivity contribution in [2.75, 3.05) is 19.6 Å². The van der Waals surface area contributed by atoms with Gasteiger partial charge in [0.15, 0.2) is 5.78 Å². The minimum absolute atomic E-state index is 0.257. The average Bonchev–Trinajstić information content (AvgIpc) is 3.02. The Morgan fingerprint density at radius 2 is 2.08 bits per heavy atom. The van der Waals surface area contributed by atoms with Crippen LogP contribution in [-0.4, -0.2) is 39.9 Å². The molecule has 0 radical (unpaired) electrons. The Bertz CT molecular complexity index is 674. The summed E-state index contributed by atoms with van der Waals surface area (Å²) in [5.41, 5.74) is 2.03. The fourth-order valence-electron chi connectivity index (χ4n) is 3.59. The molecule has 4 nitrogen and oxygen atoms in total. The number of likely N-dealkylation sites (tertiary alicyclic amines) is 1. The van der Waals surface area contributed by atoms with Crippen molar-refractivity contribution in [2.45, 2.75) is 38.5 Å². The van der Waals surface area contributed by atoms with Gasteiger partial charge in [-0.05, 0) is 39.3 Å². The molecule has 1 atom stereocenters. The summed E-state index contributed by atoms with van der Waals surface area (Å²) in [7, 11) is 2.07. The van der Waals surface area contributed by atoms with Crippen LogP contribution in [0.3, 0.4) is 0 Å². The third-order valence-electron chi connectivity index (χ3n) is 4.98. The summed E-state index contributed by atoms with van der Waals surface area (Å²) in [4.78, 5) is 19.3. The number of nitrogens with zero attached hydrogens (tertiary/aromatic N) is 3. The molecule has 1 aliphatic heterocycles. The van der Waals surface area contributed by atoms with Crippen molar-refractivity contribution in [2.24, 2.45) is 7.05 Å². The minimum Gasteiger partial charge on any atom is -0.338 e. The van der Waals surface area contributed by atoms with Crippen LogP contribution < -0.4 is 0 Å². The van der Waals surface area contributed by atoms with Crippen LogP contribution in [0.5, 0.6) is 0 Å². The highest BCUT2D eigenvalue weighted by Gasteiger charge is 2.23. The number of hydrogen-bond donors (Lipinski definition) is 0. The number of piperidine rings is 1. The van der Waals surface area contributed by atoms with Gasteiger partial charge in [-0.1, -0.05) is 29.8 Å². The molecule has 1 aromatic carbocycles. The quantitative estimate of drug-likeness (QED) is 0.762. The van der Waals surface area contributed by atoms with Crippen molar-refractivity contribution in [3.05, 3.63) is 53.6 Å². The number of aryl methyl sites for hydroxylation is 2. The normalized spacial score (nSPS) is 18.7. The Labute approximate surface area is 144 Å². The van der Waals surface area contributed by atoms with E-state index in [0.29, 0.717) is 12.3 Å². The fourth-order valence-corrected chi connectivity index (χ4v) is 3.59. The van der Waals surface area contributed by atoms with Crippen LogP contribution in [-0.2, 0) is 7.05 Å². The molecule has 0 aliphatic carbocycles. The van der Waals surface area contributed by atoms with E-state index in [1.807, 2.05) is 43.6 Å². The molecule has 1 unspecified atom stereocenters. The van der Waals surface area contributed by atoms with Crippen molar-refractivity contribution in [1.82, 2.24) is 14.5 Å². The maximum Gasteiger partial charge on any atom is 0.162 e. The first-order valence-corrected chi connectivity index (χ1v) is 8.93. The monoisotopic (exact) mass is 325 g/mol. The van der Waals surface area contributed by atoms with E-state index in [1.165, 1.54) is 24.2 Å². The van der Waals surface area contributed by atoms with E-state index >= 15 is 0 Å². The molecule has 0 bridgehead atoms. The summed E-state index contributed by atoms with van der Waals surface area (Å²) in [6.45, 7) is 5.24. The van der Waals surface area contributed by atoms with E-state index in [2.05, 4.69) is 21.5 Å². The molecular weight excluding hydrogens is 298 g/mol. The molecule has 1 aliphatic rings. The lowest BCUT2D eigenvalue weighted by Gasteiger charge is -2.32. The van der Waals surface area contributed by atoms with Crippen molar-refractivity contribution in [3.63, 3.8) is 0 Å². The highest BCUT2D eigenvalue weighted by Crippen LogP contribution is 2.25. The van der Waals surface area contributed by atoms with Gasteiger partial charge in [0.25, 0.3) is 0 Å². The predicted octanol–water partition coefficient (Wildman–Crippen LogP) is 3.57. The number of Topliss-reactive ketones (excluding diaryl/α,β-unsaturated/α-hetero) is 1. The second-order valence-electron chi connectivity index (χ2n) is 6.93. The van der Waals surface area contributed by atoms with Crippen molar-refractivity contribution >= 4 is 5.78 Å². The van der Waals surface area contributed by atoms with E-state index in [-0.39, 0.29) is 5.78 Å². The molecule has 0 amide bonds. The standard InChI is InChI=1S/C20H27N3O/c1-16-7-9-17(10-8-16)19(24)6-4-13-23-12-3-5-18(15-23)20-21-11-14-22(20)2/h7-11,14,18H,3-6,12-13,15H2,1-2H3. The second-order valence-corrected chi connectivity index (χ2v) is 6.93. The first-order valence-electron chi connectivity index (χ1n) is 8.93. The van der Waals surface area contributed by atoms with Gasteiger partial charge in [-0.2, -0.15) is 0 Å². The van der Waals surface area contributed by atoms with Gasteiger partial charge in [-0.15, -0.1) is 0 Å². The molecule has 0 saturated carbocycles. The van der Waals surface area contributed by atoms with E-state index in [0.717, 1.165) is 31.6 Å². The molecule has 4 heteroatoms. The number of hydrogen-bond acceptors (Lipinski definition) is 3. The van der Waals surface area contributed by atoms with Gasteiger partial charge in [0.05, 0.1) is 0 Å². The van der Waals surface area contributed by atoms with Gasteiger partial charge in [-0.3, -0.25) is 4.79 Å². The second kappa shape index (κ2) is 7.75. The molecular formula is C20H27N3O. The van der Waals surface area contributed by atoms with E-state index in [4.69, 9.17) is 0 Å². The lowest BCUT2D eigenvalue weighted by atomic mass is 9.96. The average molecular weight is 325 g/mol. The van der Waals surface area contributed by atoms with Gasteiger partial charge in [0, 0.05) is 43.9 Å². The van der Waals surface area contributed by atoms with Gasteiger partial charge in [-0.25, -0.2) is 4.98 Å². The summed E-state index contributed by atoms with van der Waals surface area (Å²) in [6, 6.07) is 7.90. The zero-order valence-corrected chi connectivity index (χ0v) is 14.7. The number of rotatable bonds is 6. The predicted molar refractivity (Wildman–Crippen MR) is 96.4 cm³/mol. The van der Waals surface area contributed by atoms with Crippen molar-refractivity contribution < 1.29 is 4.79 Å². The van der Waals surface area contributed by atoms with Gasteiger partial charge in [0.2, 0.25) is 0 Å². The fraction of sp³-hybridized carbons (Fsp3) is 0.500. The Balaban J connectivity index is 1.47. The lowest BCUT2D eigenvalue weighted by molar-refractivity contribution is 0.0971. The van der Waals surface area contributed by atoms with Gasteiger partial charge in [0.1, 0.15) is 5.82 Å². The molecule has 2 heterocycles. The number of aromatic nitrogens is 2. The van der Waals surface area contributed by atoms with Crippen LogP contribution in [0, 0.1) is 6.92 Å². The van der Waals surface area contributed by atoms with Crippen LogP contribution >= 0.6 is 0 Å². The van der Waals surface area contributed by atoms with Crippen molar-refractivity contribution in [3.8, 4) is 0 Å². The smallest absolute Gasteiger partial charge is 0.162 e. The zero-order chi connectivity index (χ0) is 16.9. The molecule has 2 aromatic rings. The molecule has 1 fully saturated rings. The number of carbonyl (C=O) groups excluding carboxylic acids is 1. The third kappa shape index (κ3) is 4.12. The van der Waals surface area contributed by atoms with Gasteiger partial charge < -0.3 is 9.47 Å². The number of benzene rings is 1. The highest BCUT2D eigenvalue weighted by atomic mass is 16.1. The Morgan fingerprint density at radius 1 is 1.29 bits per heavy atom. The Morgan fingerprint density at radius 3 is 2.79 bits per heavy atom. The van der Waals surface area contributed by atoms with Crippen LogP contribution in [0.1, 0.15) is 53.3 Å². The summed E-state index contributed by atoms with van der Waals surface area (Å²) < 4.78 is 2.13. The summed E-state index contributed by atoms with van der Waals surface area (Å²) in [5, 5.41) is 0. The Kier molecular flexibility index (Phi) is 5.46. The first-order chi connectivity index (χ1) is 11.6. The molecule has 1 aromatic heterocycles. The number of carbonyl (C=O) groups is 1. The molecule has 24 heavy (non-hydrogen) atoms. The van der Waals surface area contributed by atoms with Gasteiger partial charge >= 0.3 is 0 Å². The van der Waals surface area contributed by atoms with Crippen molar-refractivity contribution in [1.29, 1.82) is 0 Å². The topological polar surface area (TPSA) is 38.1 Å². The molecule has 1 saturated heterocycles. The zero-order valence-electron chi connectivity index (χ0n) is 14.7.